The van der Waals surface area contributed by atoms with Crippen molar-refractivity contribution in [1.82, 2.24) is 9.55 Å². The standard InChI is InChI=1S/C10H9N3OS2/c11-9(15)7-2-1-4-13(10(7)14)6-8-12-3-5-16-8/h1-5H,6H2,(H2,11,15). The Morgan fingerprint density at radius 1 is 1.62 bits per heavy atom. The van der Waals surface area contributed by atoms with Gasteiger partial charge in [-0.1, -0.05) is 12.2 Å². The molecule has 82 valence electrons. The number of hydrogen-bond donors (Lipinski definition) is 1. The molecule has 0 radical (unpaired) electrons. The lowest BCUT2D eigenvalue weighted by Gasteiger charge is -2.04. The highest BCUT2D eigenvalue weighted by atomic mass is 32.1. The summed E-state index contributed by atoms with van der Waals surface area (Å²) in [7, 11) is 0. The molecule has 0 saturated carbocycles. The average molecular weight is 251 g/mol. The van der Waals surface area contributed by atoms with Crippen molar-refractivity contribution < 1.29 is 0 Å². The van der Waals surface area contributed by atoms with Crippen molar-refractivity contribution >= 4 is 28.5 Å². The van der Waals surface area contributed by atoms with E-state index in [2.05, 4.69) is 4.98 Å². The number of thiazole rings is 1. The molecular formula is C10H9N3OS2. The fourth-order valence-electron chi connectivity index (χ4n) is 1.33. The molecule has 0 aromatic carbocycles. The molecule has 2 rings (SSSR count). The van der Waals surface area contributed by atoms with Crippen LogP contribution in [0.4, 0.5) is 0 Å². The molecule has 2 aromatic rings. The fourth-order valence-corrected chi connectivity index (χ4v) is 2.10. The summed E-state index contributed by atoms with van der Waals surface area (Å²) in [5, 5.41) is 2.75. The third kappa shape index (κ3) is 2.17. The highest BCUT2D eigenvalue weighted by Crippen LogP contribution is 2.05. The van der Waals surface area contributed by atoms with Gasteiger partial charge in [-0.2, -0.15) is 0 Å². The number of rotatable bonds is 3. The molecule has 4 nitrogen and oxygen atoms in total. The lowest BCUT2D eigenvalue weighted by Crippen LogP contribution is -2.28. The van der Waals surface area contributed by atoms with Crippen LogP contribution in [0.15, 0.2) is 34.7 Å². The third-order valence-electron chi connectivity index (χ3n) is 2.07. The minimum Gasteiger partial charge on any atom is -0.389 e. The first kappa shape index (κ1) is 11.0. The number of nitrogens with zero attached hydrogens (tertiary/aromatic N) is 2. The molecule has 0 bridgehead atoms. The van der Waals surface area contributed by atoms with Crippen LogP contribution in [0.3, 0.4) is 0 Å². The molecule has 0 aliphatic carbocycles. The zero-order chi connectivity index (χ0) is 11.5. The van der Waals surface area contributed by atoms with Crippen molar-refractivity contribution in [3.8, 4) is 0 Å². The molecule has 0 unspecified atom stereocenters. The Bertz CT molecular complexity index is 560. The Labute approximate surface area is 101 Å². The molecule has 0 spiro atoms. The molecular weight excluding hydrogens is 242 g/mol. The van der Waals surface area contributed by atoms with Crippen LogP contribution in [-0.2, 0) is 6.54 Å². The molecule has 0 aliphatic heterocycles. The van der Waals surface area contributed by atoms with Crippen LogP contribution in [0.25, 0.3) is 0 Å². The summed E-state index contributed by atoms with van der Waals surface area (Å²) in [4.78, 5) is 16.2. The predicted molar refractivity (Wildman–Crippen MR) is 67.8 cm³/mol. The lowest BCUT2D eigenvalue weighted by atomic mass is 10.3. The van der Waals surface area contributed by atoms with E-state index in [0.29, 0.717) is 12.1 Å². The molecule has 2 heterocycles. The summed E-state index contributed by atoms with van der Waals surface area (Å²) >= 11 is 6.31. The van der Waals surface area contributed by atoms with Gasteiger partial charge >= 0.3 is 0 Å². The minimum atomic E-state index is -0.176. The summed E-state index contributed by atoms with van der Waals surface area (Å²) in [6.45, 7) is 0.451. The van der Waals surface area contributed by atoms with E-state index >= 15 is 0 Å². The molecule has 6 heteroatoms. The van der Waals surface area contributed by atoms with Crippen LogP contribution in [0.2, 0.25) is 0 Å². The number of thiocarbonyl (C=S) groups is 1. The van der Waals surface area contributed by atoms with Gasteiger partial charge in [-0.05, 0) is 12.1 Å². The van der Waals surface area contributed by atoms with Crippen LogP contribution in [-0.4, -0.2) is 14.5 Å². The second kappa shape index (κ2) is 4.54. The second-order valence-electron chi connectivity index (χ2n) is 3.15. The SMILES string of the molecule is NC(=S)c1cccn(Cc2nccs2)c1=O. The maximum Gasteiger partial charge on any atom is 0.261 e. The van der Waals surface area contributed by atoms with Gasteiger partial charge in [-0.15, -0.1) is 11.3 Å². The van der Waals surface area contributed by atoms with Crippen molar-refractivity contribution in [2.24, 2.45) is 5.73 Å². The zero-order valence-electron chi connectivity index (χ0n) is 8.29. The van der Waals surface area contributed by atoms with Crippen LogP contribution in [0, 0.1) is 0 Å². The van der Waals surface area contributed by atoms with E-state index in [9.17, 15) is 4.79 Å². The third-order valence-corrected chi connectivity index (χ3v) is 3.06. The normalized spacial score (nSPS) is 10.2. The van der Waals surface area contributed by atoms with Crippen LogP contribution >= 0.6 is 23.6 Å². The molecule has 0 aliphatic rings. The zero-order valence-corrected chi connectivity index (χ0v) is 9.92. The van der Waals surface area contributed by atoms with Crippen LogP contribution < -0.4 is 11.3 Å². The quantitative estimate of drug-likeness (QED) is 0.826. The predicted octanol–water partition coefficient (Wildman–Crippen LogP) is 0.987. The van der Waals surface area contributed by atoms with Crippen molar-refractivity contribution in [2.45, 2.75) is 6.54 Å². The van der Waals surface area contributed by atoms with Crippen molar-refractivity contribution in [2.75, 3.05) is 0 Å². The first-order valence-corrected chi connectivity index (χ1v) is 5.85. The van der Waals surface area contributed by atoms with E-state index in [1.165, 1.54) is 11.3 Å². The number of aromatic nitrogens is 2. The Morgan fingerprint density at radius 2 is 2.44 bits per heavy atom. The van der Waals surface area contributed by atoms with E-state index in [1.54, 1.807) is 29.1 Å². The Morgan fingerprint density at radius 3 is 3.06 bits per heavy atom. The Balaban J connectivity index is 2.39. The van der Waals surface area contributed by atoms with E-state index in [-0.39, 0.29) is 10.5 Å². The van der Waals surface area contributed by atoms with Gasteiger partial charge < -0.3 is 10.3 Å². The molecule has 0 saturated heterocycles. The van der Waals surface area contributed by atoms with Gasteiger partial charge in [0.2, 0.25) is 0 Å². The first-order valence-electron chi connectivity index (χ1n) is 4.56. The van der Waals surface area contributed by atoms with Crippen molar-refractivity contribution in [3.63, 3.8) is 0 Å². The maximum absolute atomic E-state index is 11.9. The van der Waals surface area contributed by atoms with Gasteiger partial charge in [0, 0.05) is 17.8 Å². The molecule has 0 amide bonds. The Hall–Kier alpha value is -1.53. The molecule has 0 fully saturated rings. The monoisotopic (exact) mass is 251 g/mol. The van der Waals surface area contributed by atoms with Crippen molar-refractivity contribution in [1.29, 1.82) is 0 Å². The van der Waals surface area contributed by atoms with Gasteiger partial charge in [-0.25, -0.2) is 4.98 Å². The number of hydrogen-bond acceptors (Lipinski definition) is 4. The van der Waals surface area contributed by atoms with Crippen LogP contribution in [0.1, 0.15) is 10.6 Å². The van der Waals surface area contributed by atoms with Gasteiger partial charge in [0.05, 0.1) is 12.1 Å². The highest BCUT2D eigenvalue weighted by molar-refractivity contribution is 7.80. The summed E-state index contributed by atoms with van der Waals surface area (Å²) in [6, 6.07) is 3.38. The first-order chi connectivity index (χ1) is 7.68. The Kier molecular flexibility index (Phi) is 3.12. The van der Waals surface area contributed by atoms with Crippen molar-refractivity contribution in [3.05, 3.63) is 50.8 Å². The number of pyridine rings is 1. The molecule has 16 heavy (non-hydrogen) atoms. The largest absolute Gasteiger partial charge is 0.389 e. The van der Waals surface area contributed by atoms with Gasteiger partial charge in [0.15, 0.2) is 0 Å². The van der Waals surface area contributed by atoms with E-state index in [1.807, 2.05) is 5.38 Å². The van der Waals surface area contributed by atoms with E-state index in [0.717, 1.165) is 5.01 Å². The topological polar surface area (TPSA) is 60.9 Å². The van der Waals surface area contributed by atoms with Gasteiger partial charge in [-0.3, -0.25) is 4.79 Å². The second-order valence-corrected chi connectivity index (χ2v) is 4.56. The maximum atomic E-state index is 11.9. The fraction of sp³-hybridized carbons (Fsp3) is 0.100. The van der Waals surface area contributed by atoms with Crippen LogP contribution in [0.5, 0.6) is 0 Å². The van der Waals surface area contributed by atoms with Gasteiger partial charge in [0.25, 0.3) is 5.56 Å². The molecule has 2 N–H and O–H groups in total. The minimum absolute atomic E-state index is 0.124. The summed E-state index contributed by atoms with van der Waals surface area (Å²) in [5.74, 6) is 0. The summed E-state index contributed by atoms with van der Waals surface area (Å²) in [5.41, 5.74) is 5.66. The van der Waals surface area contributed by atoms with Gasteiger partial charge in [0.1, 0.15) is 10.00 Å². The summed E-state index contributed by atoms with van der Waals surface area (Å²) in [6.07, 6.45) is 3.41. The highest BCUT2D eigenvalue weighted by Gasteiger charge is 2.06. The average Bonchev–Trinajstić information content (AvgIpc) is 2.73. The number of nitrogens with two attached hydrogens (primary N) is 1. The van der Waals surface area contributed by atoms with E-state index in [4.69, 9.17) is 18.0 Å². The molecule has 0 atom stereocenters. The summed E-state index contributed by atoms with van der Waals surface area (Å²) < 4.78 is 1.55. The van der Waals surface area contributed by atoms with E-state index < -0.39 is 0 Å². The smallest absolute Gasteiger partial charge is 0.261 e. The lowest BCUT2D eigenvalue weighted by molar-refractivity contribution is 0.752. The molecule has 2 aromatic heterocycles.